The van der Waals surface area contributed by atoms with Gasteiger partial charge >= 0.3 is 0 Å². The predicted molar refractivity (Wildman–Crippen MR) is 126 cm³/mol. The number of benzene rings is 1. The molecular weight excluding hydrogens is 456 g/mol. The average molecular weight is 477 g/mol. The third-order valence-electron chi connectivity index (χ3n) is 5.63. The van der Waals surface area contributed by atoms with Crippen molar-refractivity contribution in [1.29, 1.82) is 0 Å². The van der Waals surface area contributed by atoms with Gasteiger partial charge in [0.05, 0.1) is 17.6 Å². The highest BCUT2D eigenvalue weighted by molar-refractivity contribution is 7.99. The molecule has 3 aromatic heterocycles. The number of fused-ring (bicyclic) bond motifs is 5. The molecule has 30 heavy (non-hydrogen) atoms. The quantitative estimate of drug-likeness (QED) is 0.250. The molecule has 156 valence electrons. The van der Waals surface area contributed by atoms with E-state index >= 15 is 0 Å². The van der Waals surface area contributed by atoms with Crippen LogP contribution >= 0.6 is 46.5 Å². The van der Waals surface area contributed by atoms with Gasteiger partial charge in [0.15, 0.2) is 16.0 Å². The smallest absolute Gasteiger partial charge is 0.198 e. The molecule has 9 heteroatoms. The Balaban J connectivity index is 1.60. The minimum absolute atomic E-state index is 0.137. The second-order valence-electron chi connectivity index (χ2n) is 7.61. The number of nitrogens with zero attached hydrogens (tertiary/aromatic N) is 4. The van der Waals surface area contributed by atoms with Crippen molar-refractivity contribution >= 4 is 62.3 Å². The molecule has 1 aliphatic heterocycles. The Morgan fingerprint density at radius 1 is 1.23 bits per heavy atom. The van der Waals surface area contributed by atoms with E-state index in [1.807, 2.05) is 30.5 Å². The van der Waals surface area contributed by atoms with Gasteiger partial charge in [-0.3, -0.25) is 0 Å². The first-order chi connectivity index (χ1) is 14.5. The van der Waals surface area contributed by atoms with E-state index < -0.39 is 0 Å². The maximum absolute atomic E-state index is 6.16. The Hall–Kier alpha value is -1.32. The molecule has 0 amide bonds. The zero-order chi connectivity index (χ0) is 20.9. The number of ether oxygens (including phenoxy) is 1. The number of hydrogen-bond donors (Lipinski definition) is 0. The van der Waals surface area contributed by atoms with E-state index in [-0.39, 0.29) is 5.60 Å². The maximum atomic E-state index is 6.16. The summed E-state index contributed by atoms with van der Waals surface area (Å²) in [6, 6.07) is 7.93. The van der Waals surface area contributed by atoms with Gasteiger partial charge in [-0.25, -0.2) is 9.38 Å². The molecule has 5 rings (SSSR count). The lowest BCUT2D eigenvalue weighted by Crippen LogP contribution is -2.33. The van der Waals surface area contributed by atoms with Crippen molar-refractivity contribution in [3.8, 4) is 0 Å². The van der Waals surface area contributed by atoms with Gasteiger partial charge in [0.2, 0.25) is 0 Å². The topological polar surface area (TPSA) is 52.3 Å². The Morgan fingerprint density at radius 3 is 2.77 bits per heavy atom. The van der Waals surface area contributed by atoms with Gasteiger partial charge in [0, 0.05) is 22.1 Å². The van der Waals surface area contributed by atoms with Gasteiger partial charge in [-0.15, -0.1) is 21.5 Å². The number of hydrogen-bond acceptors (Lipinski definition) is 7. The van der Waals surface area contributed by atoms with E-state index in [0.717, 1.165) is 49.8 Å². The van der Waals surface area contributed by atoms with E-state index in [4.69, 9.17) is 21.3 Å². The molecular formula is C21H21ClN4OS3. The Bertz CT molecular complexity index is 1240. The minimum Gasteiger partial charge on any atom is -0.369 e. The zero-order valence-corrected chi connectivity index (χ0v) is 20.1. The molecule has 4 heterocycles. The summed E-state index contributed by atoms with van der Waals surface area (Å²) in [4.78, 5) is 7.27. The highest BCUT2D eigenvalue weighted by Gasteiger charge is 2.33. The van der Waals surface area contributed by atoms with Crippen molar-refractivity contribution in [1.82, 2.24) is 19.6 Å². The van der Waals surface area contributed by atoms with Crippen molar-refractivity contribution in [2.75, 3.05) is 6.26 Å². The average Bonchev–Trinajstić information content (AvgIpc) is 3.33. The number of thiophene rings is 1. The van der Waals surface area contributed by atoms with E-state index in [1.165, 1.54) is 16.0 Å². The molecule has 0 radical (unpaired) electrons. The molecule has 4 aromatic rings. The van der Waals surface area contributed by atoms with Crippen LogP contribution in [0.15, 0.2) is 34.6 Å². The van der Waals surface area contributed by atoms with Gasteiger partial charge < -0.3 is 4.74 Å². The predicted octanol–water partition coefficient (Wildman–Crippen LogP) is 6.25. The van der Waals surface area contributed by atoms with Gasteiger partial charge in [-0.1, -0.05) is 54.2 Å². The maximum Gasteiger partial charge on any atom is 0.198 e. The van der Waals surface area contributed by atoms with E-state index in [2.05, 4.69) is 28.4 Å². The summed E-state index contributed by atoms with van der Waals surface area (Å²) in [5.41, 5.74) is 3.30. The van der Waals surface area contributed by atoms with Crippen LogP contribution in [0.2, 0.25) is 5.02 Å². The number of thioether (sulfide) groups is 2. The number of halogens is 1. The van der Waals surface area contributed by atoms with Crippen molar-refractivity contribution in [3.63, 3.8) is 0 Å². The van der Waals surface area contributed by atoms with Crippen molar-refractivity contribution in [2.45, 2.75) is 55.0 Å². The van der Waals surface area contributed by atoms with Gasteiger partial charge in [0.1, 0.15) is 4.83 Å². The van der Waals surface area contributed by atoms with Gasteiger partial charge in [-0.2, -0.15) is 0 Å². The molecule has 0 fully saturated rings. The summed E-state index contributed by atoms with van der Waals surface area (Å²) in [6.07, 6.45) is 3.91. The first kappa shape index (κ1) is 20.6. The lowest BCUT2D eigenvalue weighted by atomic mass is 9.90. The summed E-state index contributed by atoms with van der Waals surface area (Å²) in [5, 5.41) is 12.8. The molecule has 1 aromatic carbocycles. The highest BCUT2D eigenvalue weighted by Crippen LogP contribution is 2.42. The van der Waals surface area contributed by atoms with Crippen LogP contribution in [-0.2, 0) is 23.5 Å². The fourth-order valence-corrected chi connectivity index (χ4v) is 6.47. The molecule has 0 spiro atoms. The first-order valence-corrected chi connectivity index (χ1v) is 13.2. The summed E-state index contributed by atoms with van der Waals surface area (Å²) in [7, 11) is 0. The largest absolute Gasteiger partial charge is 0.369 e. The molecule has 0 saturated carbocycles. The highest BCUT2D eigenvalue weighted by atomic mass is 35.5. The minimum atomic E-state index is -0.137. The zero-order valence-electron chi connectivity index (χ0n) is 16.9. The van der Waals surface area contributed by atoms with Gasteiger partial charge in [-0.05, 0) is 42.9 Å². The SMILES string of the molecule is CC[C@]1(C)Cc2c(sc3nc(SC)n4c(SCc5ccc(Cl)cc5)nnc4c23)CO1. The fourth-order valence-electron chi connectivity index (χ4n) is 3.70. The molecule has 5 nitrogen and oxygen atoms in total. The molecule has 0 aliphatic carbocycles. The second-order valence-corrected chi connectivity index (χ2v) is 10.8. The van der Waals surface area contributed by atoms with Crippen LogP contribution in [0.1, 0.15) is 36.3 Å². The molecule has 1 aliphatic rings. The van der Waals surface area contributed by atoms with Crippen LogP contribution < -0.4 is 0 Å². The summed E-state index contributed by atoms with van der Waals surface area (Å²) in [6.45, 7) is 5.02. The van der Waals surface area contributed by atoms with E-state index in [0.29, 0.717) is 6.61 Å². The second kappa shape index (κ2) is 7.98. The van der Waals surface area contributed by atoms with Gasteiger partial charge in [0.25, 0.3) is 0 Å². The Kier molecular flexibility index (Phi) is 5.48. The standard InChI is InChI=1S/C21H21ClN4OS3/c1-4-21(2)9-14-15(10-27-21)30-18-16(14)17-24-25-20(26(17)19(23-18)28-3)29-11-12-5-7-13(22)8-6-12/h5-8H,4,9-11H2,1-3H3/t21-/m1/s1. The normalized spacial score (nSPS) is 18.9. The van der Waals surface area contributed by atoms with Crippen molar-refractivity contribution in [2.24, 2.45) is 0 Å². The van der Waals surface area contributed by atoms with Crippen molar-refractivity contribution in [3.05, 3.63) is 45.3 Å². The summed E-state index contributed by atoms with van der Waals surface area (Å²) in [5.74, 6) is 0.799. The van der Waals surface area contributed by atoms with E-state index in [1.54, 1.807) is 34.9 Å². The summed E-state index contributed by atoms with van der Waals surface area (Å²) >= 11 is 11.0. The van der Waals surface area contributed by atoms with Crippen molar-refractivity contribution < 1.29 is 4.74 Å². The van der Waals surface area contributed by atoms with Crippen LogP contribution in [0.4, 0.5) is 0 Å². The molecule has 0 saturated heterocycles. The Labute approximate surface area is 192 Å². The van der Waals surface area contributed by atoms with E-state index in [9.17, 15) is 0 Å². The molecule has 0 bridgehead atoms. The van der Waals surface area contributed by atoms with Crippen LogP contribution in [0.3, 0.4) is 0 Å². The monoisotopic (exact) mass is 476 g/mol. The summed E-state index contributed by atoms with van der Waals surface area (Å²) < 4.78 is 8.27. The fraction of sp³-hybridized carbons (Fsp3) is 0.381. The number of aromatic nitrogens is 4. The Morgan fingerprint density at radius 2 is 2.03 bits per heavy atom. The third-order valence-corrected chi connectivity index (χ3v) is 8.62. The molecule has 0 unspecified atom stereocenters. The lowest BCUT2D eigenvalue weighted by Gasteiger charge is -2.32. The number of rotatable bonds is 5. The molecule has 1 atom stereocenters. The first-order valence-electron chi connectivity index (χ1n) is 9.76. The van der Waals surface area contributed by atoms with Crippen LogP contribution in [0.25, 0.3) is 15.9 Å². The third kappa shape index (κ3) is 3.52. The lowest BCUT2D eigenvalue weighted by molar-refractivity contribution is -0.0542. The van der Waals surface area contributed by atoms with Crippen LogP contribution in [0, 0.1) is 0 Å². The molecule has 0 N–H and O–H groups in total. The van der Waals surface area contributed by atoms with Crippen LogP contribution in [0.5, 0.6) is 0 Å². The van der Waals surface area contributed by atoms with Crippen LogP contribution in [-0.4, -0.2) is 31.4 Å².